The summed E-state index contributed by atoms with van der Waals surface area (Å²) in [5, 5.41) is 22.1. The molecule has 4 rings (SSSR count). The van der Waals surface area contributed by atoms with E-state index < -0.39 is 48.0 Å². The van der Waals surface area contributed by atoms with Gasteiger partial charge in [0.25, 0.3) is 5.91 Å². The Morgan fingerprint density at radius 3 is 1.96 bits per heavy atom. The van der Waals surface area contributed by atoms with Gasteiger partial charge in [0.1, 0.15) is 18.7 Å². The molecule has 250 valence electrons. The third-order valence-corrected chi connectivity index (χ3v) is 8.07. The summed E-state index contributed by atoms with van der Waals surface area (Å²) >= 11 is 0. The van der Waals surface area contributed by atoms with Gasteiger partial charge in [-0.15, -0.1) is 0 Å². The number of hydrogen-bond acceptors (Lipinski definition) is 7. The molecule has 0 spiro atoms. The van der Waals surface area contributed by atoms with E-state index in [0.717, 1.165) is 29.5 Å². The topological polar surface area (TPSA) is 155 Å². The van der Waals surface area contributed by atoms with Gasteiger partial charge in [0.15, 0.2) is 6.10 Å². The van der Waals surface area contributed by atoms with Gasteiger partial charge in [-0.05, 0) is 55.2 Å². The van der Waals surface area contributed by atoms with Crippen molar-refractivity contribution in [1.29, 1.82) is 0 Å². The fraction of sp³-hybridized carbons (Fsp3) is 0.389. The number of benzene rings is 3. The number of rotatable bonds is 15. The monoisotopic (exact) mass is 644 g/mol. The van der Waals surface area contributed by atoms with Crippen LogP contribution < -0.4 is 21.3 Å². The van der Waals surface area contributed by atoms with E-state index >= 15 is 0 Å². The van der Waals surface area contributed by atoms with Crippen molar-refractivity contribution in [1.82, 2.24) is 21.3 Å². The van der Waals surface area contributed by atoms with Crippen LogP contribution in [0.3, 0.4) is 0 Å². The summed E-state index contributed by atoms with van der Waals surface area (Å²) < 4.78 is 10.7. The lowest BCUT2D eigenvalue weighted by Crippen LogP contribution is -2.58. The molecule has 3 aromatic rings. The van der Waals surface area contributed by atoms with Crippen LogP contribution in [0.5, 0.6) is 0 Å². The number of amides is 4. The Kier molecular flexibility index (Phi) is 13.8. The van der Waals surface area contributed by atoms with E-state index in [4.69, 9.17) is 9.47 Å². The van der Waals surface area contributed by atoms with Gasteiger partial charge in [0, 0.05) is 19.8 Å². The smallest absolute Gasteiger partial charge is 0.408 e. The number of aliphatic hydroxyl groups excluding tert-OH is 1. The number of carbonyl (C=O) groups is 4. The zero-order valence-electron chi connectivity index (χ0n) is 26.6. The van der Waals surface area contributed by atoms with Crippen molar-refractivity contribution in [3.05, 3.63) is 108 Å². The Morgan fingerprint density at radius 1 is 0.766 bits per heavy atom. The third-order valence-electron chi connectivity index (χ3n) is 8.07. The Labute approximate surface area is 275 Å². The normalized spacial score (nSPS) is 15.7. The Hall–Kier alpha value is -4.74. The summed E-state index contributed by atoms with van der Waals surface area (Å²) in [4.78, 5) is 52.6. The van der Waals surface area contributed by atoms with Crippen LogP contribution in [-0.4, -0.2) is 66.4 Å². The average Bonchev–Trinajstić information content (AvgIpc) is 3.10. The first-order chi connectivity index (χ1) is 22.8. The molecule has 1 aliphatic rings. The first-order valence-electron chi connectivity index (χ1n) is 16.0. The molecule has 3 aromatic carbocycles. The third kappa shape index (κ3) is 11.8. The molecule has 47 heavy (non-hydrogen) atoms. The molecule has 11 nitrogen and oxygen atoms in total. The number of aliphatic hydroxyl groups is 1. The van der Waals surface area contributed by atoms with Crippen LogP contribution in [0.4, 0.5) is 4.79 Å². The predicted molar refractivity (Wildman–Crippen MR) is 176 cm³/mol. The molecule has 1 fully saturated rings. The fourth-order valence-corrected chi connectivity index (χ4v) is 5.32. The molecule has 1 aliphatic heterocycles. The molecular formula is C36H44N4O7. The van der Waals surface area contributed by atoms with Gasteiger partial charge in [0.2, 0.25) is 11.8 Å². The van der Waals surface area contributed by atoms with Crippen LogP contribution in [0.15, 0.2) is 91.0 Å². The van der Waals surface area contributed by atoms with Crippen LogP contribution >= 0.6 is 0 Å². The van der Waals surface area contributed by atoms with Gasteiger partial charge in [-0.3, -0.25) is 14.4 Å². The maximum absolute atomic E-state index is 13.9. The Morgan fingerprint density at radius 2 is 1.34 bits per heavy atom. The van der Waals surface area contributed by atoms with Crippen LogP contribution in [0.1, 0.15) is 42.9 Å². The zero-order chi connectivity index (χ0) is 33.4. The number of carbonyl (C=O) groups excluding carboxylic acids is 4. The van der Waals surface area contributed by atoms with Crippen LogP contribution in [-0.2, 0) is 43.4 Å². The quantitative estimate of drug-likeness (QED) is 0.170. The summed E-state index contributed by atoms with van der Waals surface area (Å²) in [5.41, 5.74) is 2.47. The lowest BCUT2D eigenvalue weighted by Gasteiger charge is -2.30. The molecule has 1 heterocycles. The molecule has 5 N–H and O–H groups in total. The Bertz CT molecular complexity index is 1420. The molecule has 1 saturated heterocycles. The molecule has 0 aliphatic carbocycles. The van der Waals surface area contributed by atoms with Gasteiger partial charge < -0.3 is 35.8 Å². The Balaban J connectivity index is 1.43. The molecule has 0 saturated carbocycles. The van der Waals surface area contributed by atoms with Gasteiger partial charge in [-0.2, -0.15) is 0 Å². The van der Waals surface area contributed by atoms with E-state index in [-0.39, 0.29) is 25.5 Å². The number of alkyl carbamates (subject to hydrolysis) is 1. The summed E-state index contributed by atoms with van der Waals surface area (Å²) in [6.07, 6.45) is -0.401. The molecule has 0 radical (unpaired) electrons. The highest BCUT2D eigenvalue weighted by Crippen LogP contribution is 2.21. The molecule has 4 atom stereocenters. The first kappa shape index (κ1) is 35.1. The average molecular weight is 645 g/mol. The SMILES string of the molecule is C[C@H](NC(=O)OCc1ccccc1)C(=O)NC(CC1CCOCC1)C(=O)NC(Cc1ccccc1)[C@H](O)C(=O)NCc1ccccc1. The fourth-order valence-electron chi connectivity index (χ4n) is 5.32. The second kappa shape index (κ2) is 18.4. The molecule has 0 aromatic heterocycles. The highest BCUT2D eigenvalue weighted by Gasteiger charge is 2.33. The molecule has 0 bridgehead atoms. The van der Waals surface area contributed by atoms with E-state index in [1.165, 1.54) is 6.92 Å². The molecule has 2 unspecified atom stereocenters. The second-order valence-corrected chi connectivity index (χ2v) is 11.7. The van der Waals surface area contributed by atoms with Crippen molar-refractivity contribution in [2.24, 2.45) is 5.92 Å². The minimum Gasteiger partial charge on any atom is -0.445 e. The maximum atomic E-state index is 13.9. The highest BCUT2D eigenvalue weighted by atomic mass is 16.5. The number of hydrogen-bond donors (Lipinski definition) is 5. The standard InChI is InChI=1S/C36H44N4O7/c1-25(38-36(45)47-24-29-15-9-4-10-16-29)33(42)40-31(22-27-17-19-46-20-18-27)34(43)39-30(21-26-11-5-2-6-12-26)32(41)35(44)37-23-28-13-7-3-8-14-28/h2-16,25,27,30-32,41H,17-24H2,1H3,(H,37,44)(H,38,45)(H,39,43)(H,40,42)/t25-,30?,31?,32-/m0/s1. The maximum Gasteiger partial charge on any atom is 0.408 e. The van der Waals surface area contributed by atoms with E-state index in [1.54, 1.807) is 0 Å². The van der Waals surface area contributed by atoms with Crippen molar-refractivity contribution in [2.75, 3.05) is 13.2 Å². The summed E-state index contributed by atoms with van der Waals surface area (Å²) in [7, 11) is 0. The van der Waals surface area contributed by atoms with Crippen LogP contribution in [0.25, 0.3) is 0 Å². The summed E-state index contributed by atoms with van der Waals surface area (Å²) in [6.45, 7) is 2.86. The van der Waals surface area contributed by atoms with E-state index in [1.807, 2.05) is 91.0 Å². The number of ether oxygens (including phenoxy) is 2. The van der Waals surface area contributed by atoms with E-state index in [2.05, 4.69) is 21.3 Å². The summed E-state index contributed by atoms with van der Waals surface area (Å²) in [5.74, 6) is -1.65. The minimum absolute atomic E-state index is 0.0415. The van der Waals surface area contributed by atoms with Crippen molar-refractivity contribution in [2.45, 2.75) is 70.0 Å². The van der Waals surface area contributed by atoms with Gasteiger partial charge in [-0.1, -0.05) is 91.0 Å². The number of nitrogens with one attached hydrogen (secondary N) is 4. The minimum atomic E-state index is -1.57. The predicted octanol–water partition coefficient (Wildman–Crippen LogP) is 3.01. The van der Waals surface area contributed by atoms with Gasteiger partial charge >= 0.3 is 6.09 Å². The van der Waals surface area contributed by atoms with Crippen molar-refractivity contribution >= 4 is 23.8 Å². The van der Waals surface area contributed by atoms with Gasteiger partial charge in [0.05, 0.1) is 6.04 Å². The summed E-state index contributed by atoms with van der Waals surface area (Å²) in [6, 6.07) is 24.7. The van der Waals surface area contributed by atoms with Crippen molar-refractivity contribution < 1.29 is 33.8 Å². The van der Waals surface area contributed by atoms with Crippen molar-refractivity contribution in [3.63, 3.8) is 0 Å². The molecule has 11 heteroatoms. The second-order valence-electron chi connectivity index (χ2n) is 11.7. The zero-order valence-corrected chi connectivity index (χ0v) is 26.6. The molecular weight excluding hydrogens is 600 g/mol. The highest BCUT2D eigenvalue weighted by molar-refractivity contribution is 5.91. The van der Waals surface area contributed by atoms with Crippen molar-refractivity contribution in [3.8, 4) is 0 Å². The van der Waals surface area contributed by atoms with E-state index in [9.17, 15) is 24.3 Å². The largest absolute Gasteiger partial charge is 0.445 e. The van der Waals surface area contributed by atoms with Crippen LogP contribution in [0, 0.1) is 5.92 Å². The van der Waals surface area contributed by atoms with E-state index in [0.29, 0.717) is 19.6 Å². The lowest BCUT2D eigenvalue weighted by molar-refractivity contribution is -0.134. The molecule has 4 amide bonds. The van der Waals surface area contributed by atoms with Gasteiger partial charge in [-0.25, -0.2) is 4.79 Å². The van der Waals surface area contributed by atoms with Crippen LogP contribution in [0.2, 0.25) is 0 Å². The first-order valence-corrected chi connectivity index (χ1v) is 16.0. The lowest BCUT2D eigenvalue weighted by atomic mass is 9.91.